The van der Waals surface area contributed by atoms with Crippen molar-refractivity contribution in [2.45, 2.75) is 27.7 Å². The highest BCUT2D eigenvalue weighted by molar-refractivity contribution is 6.03. The summed E-state index contributed by atoms with van der Waals surface area (Å²) in [5.41, 5.74) is 4.93. The van der Waals surface area contributed by atoms with Crippen molar-refractivity contribution in [1.29, 1.82) is 0 Å². The molecule has 66 valence electrons. The average molecular weight is 164 g/mol. The Hall–Kier alpha value is -1.05. The molecule has 12 heavy (non-hydrogen) atoms. The summed E-state index contributed by atoms with van der Waals surface area (Å²) in [4.78, 5) is 4.34. The van der Waals surface area contributed by atoms with Crippen molar-refractivity contribution in [3.8, 4) is 0 Å². The summed E-state index contributed by atoms with van der Waals surface area (Å²) >= 11 is 0. The fourth-order valence-corrected chi connectivity index (χ4v) is 1.44. The van der Waals surface area contributed by atoms with Crippen molar-refractivity contribution in [3.05, 3.63) is 22.9 Å². The first kappa shape index (κ1) is 9.04. The SMILES string of the molecule is C/C=C(/C)C1=C(C)NCN=C1C. The highest BCUT2D eigenvalue weighted by Gasteiger charge is 2.11. The van der Waals surface area contributed by atoms with Gasteiger partial charge < -0.3 is 5.32 Å². The van der Waals surface area contributed by atoms with Crippen LogP contribution in [0.1, 0.15) is 27.7 Å². The lowest BCUT2D eigenvalue weighted by molar-refractivity contribution is 0.804. The lowest BCUT2D eigenvalue weighted by Crippen LogP contribution is -2.22. The third-order valence-corrected chi connectivity index (χ3v) is 2.22. The van der Waals surface area contributed by atoms with E-state index in [4.69, 9.17) is 0 Å². The van der Waals surface area contributed by atoms with Crippen LogP contribution in [-0.2, 0) is 0 Å². The first-order chi connectivity index (χ1) is 5.66. The van der Waals surface area contributed by atoms with Crippen molar-refractivity contribution < 1.29 is 0 Å². The fraction of sp³-hybridized carbons (Fsp3) is 0.500. The molecule has 0 aromatic heterocycles. The van der Waals surface area contributed by atoms with E-state index in [1.165, 1.54) is 16.8 Å². The zero-order valence-electron chi connectivity index (χ0n) is 8.23. The Kier molecular flexibility index (Phi) is 2.69. The number of aliphatic imine (C=N–C) groups is 1. The Balaban J connectivity index is 3.07. The smallest absolute Gasteiger partial charge is 0.107 e. The third kappa shape index (κ3) is 1.58. The van der Waals surface area contributed by atoms with E-state index in [1.807, 2.05) is 0 Å². The first-order valence-corrected chi connectivity index (χ1v) is 4.26. The van der Waals surface area contributed by atoms with Gasteiger partial charge in [-0.05, 0) is 33.3 Å². The second-order valence-electron chi connectivity index (χ2n) is 3.05. The highest BCUT2D eigenvalue weighted by Crippen LogP contribution is 2.17. The van der Waals surface area contributed by atoms with Crippen molar-refractivity contribution in [2.24, 2.45) is 4.99 Å². The molecule has 1 rings (SSSR count). The standard InChI is InChI=1S/C10H16N2/c1-5-7(2)10-8(3)11-6-12-9(10)4/h5,11H,6H2,1-4H3/b7-5-. The maximum atomic E-state index is 4.34. The topological polar surface area (TPSA) is 24.4 Å². The van der Waals surface area contributed by atoms with Gasteiger partial charge in [0.25, 0.3) is 0 Å². The normalized spacial score (nSPS) is 19.0. The molecule has 2 nitrogen and oxygen atoms in total. The molecule has 1 aliphatic rings. The molecule has 2 heteroatoms. The molecular formula is C10H16N2. The minimum absolute atomic E-state index is 0.720. The van der Waals surface area contributed by atoms with Crippen LogP contribution in [0.2, 0.25) is 0 Å². The van der Waals surface area contributed by atoms with Crippen LogP contribution in [0, 0.1) is 0 Å². The summed E-state index contributed by atoms with van der Waals surface area (Å²) in [6.45, 7) is 9.05. The maximum absolute atomic E-state index is 4.34. The minimum atomic E-state index is 0.720. The van der Waals surface area contributed by atoms with Gasteiger partial charge >= 0.3 is 0 Å². The number of hydrogen-bond acceptors (Lipinski definition) is 2. The monoisotopic (exact) mass is 164 g/mol. The van der Waals surface area contributed by atoms with Gasteiger partial charge in [0.15, 0.2) is 0 Å². The second-order valence-corrected chi connectivity index (χ2v) is 3.05. The van der Waals surface area contributed by atoms with E-state index in [-0.39, 0.29) is 0 Å². The molecule has 0 saturated heterocycles. The molecule has 0 fully saturated rings. The van der Waals surface area contributed by atoms with Gasteiger partial charge in [0.05, 0.1) is 0 Å². The van der Waals surface area contributed by atoms with Gasteiger partial charge in [-0.3, -0.25) is 4.99 Å². The summed E-state index contributed by atoms with van der Waals surface area (Å²) in [7, 11) is 0. The van der Waals surface area contributed by atoms with Crippen molar-refractivity contribution in [1.82, 2.24) is 5.32 Å². The van der Waals surface area contributed by atoms with E-state index in [9.17, 15) is 0 Å². The van der Waals surface area contributed by atoms with Gasteiger partial charge in [-0.25, -0.2) is 0 Å². The van der Waals surface area contributed by atoms with Crippen LogP contribution in [0.15, 0.2) is 27.9 Å². The molecule has 0 aromatic rings. The molecule has 0 unspecified atom stereocenters. The van der Waals surface area contributed by atoms with Crippen LogP contribution < -0.4 is 5.32 Å². The summed E-state index contributed by atoms with van der Waals surface area (Å²) < 4.78 is 0. The van der Waals surface area contributed by atoms with Gasteiger partial charge in [-0.1, -0.05) is 6.08 Å². The van der Waals surface area contributed by atoms with E-state index < -0.39 is 0 Å². The van der Waals surface area contributed by atoms with Crippen LogP contribution >= 0.6 is 0 Å². The van der Waals surface area contributed by atoms with Gasteiger partial charge in [-0.15, -0.1) is 0 Å². The molecule has 1 N–H and O–H groups in total. The van der Waals surface area contributed by atoms with Crippen molar-refractivity contribution in [2.75, 3.05) is 6.67 Å². The molecule has 0 atom stereocenters. The van der Waals surface area contributed by atoms with E-state index in [2.05, 4.69) is 44.1 Å². The van der Waals surface area contributed by atoms with E-state index in [0.717, 1.165) is 12.4 Å². The average Bonchev–Trinajstić information content (AvgIpc) is 2.03. The number of hydrogen-bond donors (Lipinski definition) is 1. The largest absolute Gasteiger partial charge is 0.369 e. The second kappa shape index (κ2) is 3.57. The Labute approximate surface area is 74.1 Å². The van der Waals surface area contributed by atoms with Crippen molar-refractivity contribution in [3.63, 3.8) is 0 Å². The van der Waals surface area contributed by atoms with E-state index >= 15 is 0 Å². The predicted octanol–water partition coefficient (Wildman–Crippen LogP) is 2.25. The number of rotatable bonds is 1. The van der Waals surface area contributed by atoms with E-state index in [1.54, 1.807) is 0 Å². The van der Waals surface area contributed by atoms with Gasteiger partial charge in [-0.2, -0.15) is 0 Å². The molecule has 0 aromatic carbocycles. The summed E-state index contributed by atoms with van der Waals surface area (Å²) in [5.74, 6) is 0. The molecule has 0 aliphatic carbocycles. The van der Waals surface area contributed by atoms with Gasteiger partial charge in [0, 0.05) is 17.0 Å². The number of nitrogens with one attached hydrogen (secondary N) is 1. The number of allylic oxidation sites excluding steroid dienone is 4. The molecular weight excluding hydrogens is 148 g/mol. The zero-order chi connectivity index (χ0) is 9.14. The highest BCUT2D eigenvalue weighted by atomic mass is 15.0. The van der Waals surface area contributed by atoms with Gasteiger partial charge in [0.1, 0.15) is 6.67 Å². The molecule has 0 spiro atoms. The summed E-state index contributed by atoms with van der Waals surface area (Å²) in [6, 6.07) is 0. The number of nitrogens with zero attached hydrogens (tertiary/aromatic N) is 1. The molecule has 0 radical (unpaired) electrons. The van der Waals surface area contributed by atoms with Crippen molar-refractivity contribution >= 4 is 5.71 Å². The van der Waals surface area contributed by atoms with Crippen LogP contribution in [0.25, 0.3) is 0 Å². The van der Waals surface area contributed by atoms with Crippen LogP contribution in [-0.4, -0.2) is 12.4 Å². The summed E-state index contributed by atoms with van der Waals surface area (Å²) in [6.07, 6.45) is 2.12. The molecule has 1 heterocycles. The van der Waals surface area contributed by atoms with Crippen LogP contribution in [0.4, 0.5) is 0 Å². The van der Waals surface area contributed by atoms with Gasteiger partial charge in [0.2, 0.25) is 0 Å². The lowest BCUT2D eigenvalue weighted by atomic mass is 10.0. The Bertz CT molecular complexity index is 264. The first-order valence-electron chi connectivity index (χ1n) is 4.26. The molecule has 0 saturated carbocycles. The Morgan fingerprint density at radius 2 is 2.17 bits per heavy atom. The summed E-state index contributed by atoms with van der Waals surface area (Å²) in [5, 5.41) is 3.23. The lowest BCUT2D eigenvalue weighted by Gasteiger charge is -2.18. The Morgan fingerprint density at radius 3 is 2.67 bits per heavy atom. The maximum Gasteiger partial charge on any atom is 0.107 e. The van der Waals surface area contributed by atoms with E-state index in [0.29, 0.717) is 0 Å². The third-order valence-electron chi connectivity index (χ3n) is 2.22. The van der Waals surface area contributed by atoms with Crippen LogP contribution in [0.3, 0.4) is 0 Å². The fourth-order valence-electron chi connectivity index (χ4n) is 1.44. The molecule has 1 aliphatic heterocycles. The molecule has 0 amide bonds. The van der Waals surface area contributed by atoms with Crippen LogP contribution in [0.5, 0.6) is 0 Å². The molecule has 0 bridgehead atoms. The minimum Gasteiger partial charge on any atom is -0.369 e. The Morgan fingerprint density at radius 1 is 1.50 bits per heavy atom. The predicted molar refractivity (Wildman–Crippen MR) is 53.2 cm³/mol. The zero-order valence-corrected chi connectivity index (χ0v) is 8.23. The quantitative estimate of drug-likeness (QED) is 0.631.